The molecule has 28 heavy (non-hydrogen) atoms. The molecular formula is C19H24N8O. The standard InChI is InChI=1S/C19H24N8O/c28-19(14-6-7-18-21-23-24-27(18)12-14)20-11-15-10-17-13-25(8-9-26(17)22-15)16-4-2-1-3-5-16/h6-7,10,12,16H,1-5,8-9,11,13H2,(H,20,28). The number of amides is 1. The summed E-state index contributed by atoms with van der Waals surface area (Å²) in [4.78, 5) is 15.1. The summed E-state index contributed by atoms with van der Waals surface area (Å²) in [5, 5.41) is 18.9. The molecule has 1 aliphatic carbocycles. The second-order valence-electron chi connectivity index (χ2n) is 7.69. The first kappa shape index (κ1) is 17.3. The highest BCUT2D eigenvalue weighted by molar-refractivity contribution is 5.94. The van der Waals surface area contributed by atoms with Gasteiger partial charge in [-0.2, -0.15) is 9.61 Å². The maximum atomic E-state index is 12.4. The van der Waals surface area contributed by atoms with Crippen LogP contribution < -0.4 is 5.32 Å². The Labute approximate surface area is 162 Å². The highest BCUT2D eigenvalue weighted by Crippen LogP contribution is 2.26. The summed E-state index contributed by atoms with van der Waals surface area (Å²) < 4.78 is 3.58. The van der Waals surface area contributed by atoms with E-state index in [1.165, 1.54) is 42.3 Å². The molecule has 3 aromatic heterocycles. The Balaban J connectivity index is 1.22. The van der Waals surface area contributed by atoms with Crippen molar-refractivity contribution >= 4 is 11.6 Å². The molecule has 3 aromatic rings. The number of carbonyl (C=O) groups is 1. The Morgan fingerprint density at radius 3 is 2.96 bits per heavy atom. The first-order chi connectivity index (χ1) is 13.8. The van der Waals surface area contributed by atoms with E-state index >= 15 is 0 Å². The van der Waals surface area contributed by atoms with Gasteiger partial charge >= 0.3 is 0 Å². The average Bonchev–Trinajstić information content (AvgIpc) is 3.37. The number of aromatic nitrogens is 6. The third-order valence-electron chi connectivity index (χ3n) is 5.85. The fourth-order valence-electron chi connectivity index (χ4n) is 4.34. The summed E-state index contributed by atoms with van der Waals surface area (Å²) in [7, 11) is 0. The number of carbonyl (C=O) groups excluding carboxylic acids is 1. The van der Waals surface area contributed by atoms with Crippen molar-refractivity contribution in [2.75, 3.05) is 6.54 Å². The number of hydrogen-bond donors (Lipinski definition) is 1. The van der Waals surface area contributed by atoms with Crippen molar-refractivity contribution in [3.8, 4) is 0 Å². The highest BCUT2D eigenvalue weighted by Gasteiger charge is 2.26. The Hall–Kier alpha value is -2.81. The number of hydrogen-bond acceptors (Lipinski definition) is 6. The molecule has 1 N–H and O–H groups in total. The first-order valence-electron chi connectivity index (χ1n) is 10.0. The Bertz CT molecular complexity index is 987. The van der Waals surface area contributed by atoms with Crippen molar-refractivity contribution in [3.63, 3.8) is 0 Å². The maximum absolute atomic E-state index is 12.4. The number of pyridine rings is 1. The normalized spacial score (nSPS) is 18.3. The zero-order chi connectivity index (χ0) is 18.9. The predicted octanol–water partition coefficient (Wildman–Crippen LogP) is 1.40. The third-order valence-corrected chi connectivity index (χ3v) is 5.85. The van der Waals surface area contributed by atoms with Crippen LogP contribution in [0.25, 0.3) is 5.65 Å². The number of fused-ring (bicyclic) bond motifs is 2. The minimum Gasteiger partial charge on any atom is -0.346 e. The van der Waals surface area contributed by atoms with Gasteiger partial charge in [0, 0.05) is 25.3 Å². The third kappa shape index (κ3) is 3.37. The van der Waals surface area contributed by atoms with Crippen LogP contribution in [0.5, 0.6) is 0 Å². The van der Waals surface area contributed by atoms with E-state index in [0.717, 1.165) is 31.4 Å². The van der Waals surface area contributed by atoms with Gasteiger partial charge in [0.05, 0.1) is 30.0 Å². The summed E-state index contributed by atoms with van der Waals surface area (Å²) in [5.41, 5.74) is 3.28. The molecule has 0 radical (unpaired) electrons. The van der Waals surface area contributed by atoms with Gasteiger partial charge in [0.1, 0.15) is 0 Å². The number of nitrogens with one attached hydrogen (secondary N) is 1. The lowest BCUT2D eigenvalue weighted by molar-refractivity contribution is 0.0949. The van der Waals surface area contributed by atoms with Crippen LogP contribution in [0, 0.1) is 0 Å². The molecule has 0 unspecified atom stereocenters. The second-order valence-corrected chi connectivity index (χ2v) is 7.69. The fourth-order valence-corrected chi connectivity index (χ4v) is 4.34. The van der Waals surface area contributed by atoms with Gasteiger partial charge in [-0.3, -0.25) is 14.4 Å². The minimum atomic E-state index is -0.160. The molecule has 1 amide bonds. The van der Waals surface area contributed by atoms with Gasteiger partial charge in [-0.05, 0) is 41.5 Å². The largest absolute Gasteiger partial charge is 0.346 e. The molecule has 0 atom stereocenters. The first-order valence-corrected chi connectivity index (χ1v) is 10.0. The molecule has 1 fully saturated rings. The van der Waals surface area contributed by atoms with Crippen LogP contribution >= 0.6 is 0 Å². The molecule has 1 saturated carbocycles. The molecule has 1 aliphatic heterocycles. The van der Waals surface area contributed by atoms with Crippen molar-refractivity contribution in [2.45, 2.75) is 57.8 Å². The van der Waals surface area contributed by atoms with E-state index in [2.05, 4.69) is 41.6 Å². The molecular weight excluding hydrogens is 356 g/mol. The predicted molar refractivity (Wildman–Crippen MR) is 101 cm³/mol. The van der Waals surface area contributed by atoms with Crippen molar-refractivity contribution < 1.29 is 4.79 Å². The number of tetrazole rings is 1. The van der Waals surface area contributed by atoms with E-state index in [1.807, 2.05) is 0 Å². The molecule has 9 nitrogen and oxygen atoms in total. The summed E-state index contributed by atoms with van der Waals surface area (Å²) in [6.45, 7) is 3.37. The molecule has 0 spiro atoms. The molecule has 146 valence electrons. The molecule has 0 saturated heterocycles. The van der Waals surface area contributed by atoms with E-state index in [0.29, 0.717) is 17.8 Å². The summed E-state index contributed by atoms with van der Waals surface area (Å²) >= 11 is 0. The zero-order valence-electron chi connectivity index (χ0n) is 15.8. The van der Waals surface area contributed by atoms with Gasteiger partial charge in [-0.1, -0.05) is 19.3 Å². The lowest BCUT2D eigenvalue weighted by Gasteiger charge is -2.36. The fraction of sp³-hybridized carbons (Fsp3) is 0.526. The van der Waals surface area contributed by atoms with Crippen LogP contribution in [0.4, 0.5) is 0 Å². The van der Waals surface area contributed by atoms with Crippen LogP contribution in [-0.2, 0) is 19.6 Å². The molecule has 5 rings (SSSR count). The van der Waals surface area contributed by atoms with Crippen LogP contribution in [0.3, 0.4) is 0 Å². The van der Waals surface area contributed by atoms with Gasteiger partial charge in [0.2, 0.25) is 0 Å². The van der Waals surface area contributed by atoms with E-state index < -0.39 is 0 Å². The number of rotatable bonds is 4. The quantitative estimate of drug-likeness (QED) is 0.735. The van der Waals surface area contributed by atoms with E-state index in [-0.39, 0.29) is 5.91 Å². The van der Waals surface area contributed by atoms with E-state index in [1.54, 1.807) is 18.3 Å². The van der Waals surface area contributed by atoms with Gasteiger partial charge in [0.25, 0.3) is 5.91 Å². The second kappa shape index (κ2) is 7.31. The van der Waals surface area contributed by atoms with Crippen LogP contribution in [0.15, 0.2) is 24.4 Å². The lowest BCUT2D eigenvalue weighted by Crippen LogP contribution is -2.42. The molecule has 9 heteroatoms. The van der Waals surface area contributed by atoms with Crippen molar-refractivity contribution in [1.29, 1.82) is 0 Å². The van der Waals surface area contributed by atoms with Crippen molar-refractivity contribution in [1.82, 2.24) is 40.0 Å². The Morgan fingerprint density at radius 2 is 2.07 bits per heavy atom. The van der Waals surface area contributed by atoms with E-state index in [9.17, 15) is 4.79 Å². The summed E-state index contributed by atoms with van der Waals surface area (Å²) in [6, 6.07) is 6.30. The molecule has 2 aliphatic rings. The van der Waals surface area contributed by atoms with Gasteiger partial charge in [0.15, 0.2) is 5.65 Å². The monoisotopic (exact) mass is 380 g/mol. The highest BCUT2D eigenvalue weighted by atomic mass is 16.1. The van der Waals surface area contributed by atoms with Gasteiger partial charge < -0.3 is 5.32 Å². The van der Waals surface area contributed by atoms with Crippen LogP contribution in [0.1, 0.15) is 53.8 Å². The molecule has 4 heterocycles. The molecule has 0 aromatic carbocycles. The number of nitrogens with zero attached hydrogens (tertiary/aromatic N) is 7. The maximum Gasteiger partial charge on any atom is 0.253 e. The van der Waals surface area contributed by atoms with Crippen LogP contribution in [0.2, 0.25) is 0 Å². The van der Waals surface area contributed by atoms with Crippen molar-refractivity contribution in [3.05, 3.63) is 41.3 Å². The van der Waals surface area contributed by atoms with Crippen molar-refractivity contribution in [2.24, 2.45) is 0 Å². The summed E-state index contributed by atoms with van der Waals surface area (Å²) in [5.74, 6) is -0.160. The van der Waals surface area contributed by atoms with Gasteiger partial charge in [-0.25, -0.2) is 0 Å². The van der Waals surface area contributed by atoms with Gasteiger partial charge in [-0.15, -0.1) is 5.10 Å². The lowest BCUT2D eigenvalue weighted by atomic mass is 9.94. The Morgan fingerprint density at radius 1 is 1.18 bits per heavy atom. The van der Waals surface area contributed by atoms with Crippen LogP contribution in [-0.4, -0.2) is 53.2 Å². The smallest absolute Gasteiger partial charge is 0.253 e. The Kier molecular flexibility index (Phi) is 4.52. The molecule has 0 bridgehead atoms. The topological polar surface area (TPSA) is 93.2 Å². The zero-order valence-corrected chi connectivity index (χ0v) is 15.8. The minimum absolute atomic E-state index is 0.160. The SMILES string of the molecule is O=C(NCc1cc2n(n1)CCN(C1CCCCC1)C2)c1ccc2nnnn2c1. The average molecular weight is 380 g/mol. The summed E-state index contributed by atoms with van der Waals surface area (Å²) in [6.07, 6.45) is 8.37. The van der Waals surface area contributed by atoms with E-state index in [4.69, 9.17) is 0 Å².